The van der Waals surface area contributed by atoms with Crippen molar-refractivity contribution in [2.45, 2.75) is 43.5 Å². The van der Waals surface area contributed by atoms with E-state index >= 15 is 0 Å². The highest BCUT2D eigenvalue weighted by molar-refractivity contribution is 7.89. The first-order chi connectivity index (χ1) is 14.8. The SMILES string of the molecule is CN(Cc1ccc(Cl)cc1Cl)C(=O)C1CCN(S(=O)(=O)c2ccc3c(c2)CCC3)CC1. The van der Waals surface area contributed by atoms with Crippen molar-refractivity contribution >= 4 is 39.1 Å². The monoisotopic (exact) mass is 480 g/mol. The van der Waals surface area contributed by atoms with Crippen molar-refractivity contribution in [2.24, 2.45) is 5.92 Å². The predicted octanol–water partition coefficient (Wildman–Crippen LogP) is 4.54. The summed E-state index contributed by atoms with van der Waals surface area (Å²) in [6, 6.07) is 10.7. The number of sulfonamides is 1. The van der Waals surface area contributed by atoms with Gasteiger partial charge in [-0.1, -0.05) is 35.3 Å². The van der Waals surface area contributed by atoms with E-state index in [1.807, 2.05) is 18.2 Å². The standard InChI is InChI=1S/C23H26Cl2N2O3S/c1-26(15-19-5-7-20(24)14-22(19)25)23(28)17-9-11-27(12-10-17)31(29,30)21-8-6-16-3-2-4-18(16)13-21/h5-8,13-14,17H,2-4,9-12,15H2,1H3. The molecule has 0 saturated carbocycles. The molecule has 1 saturated heterocycles. The van der Waals surface area contributed by atoms with Gasteiger partial charge in [0.05, 0.1) is 4.90 Å². The molecule has 166 valence electrons. The van der Waals surface area contributed by atoms with Crippen LogP contribution in [-0.2, 0) is 34.2 Å². The average molecular weight is 481 g/mol. The van der Waals surface area contributed by atoms with Crippen LogP contribution in [0.5, 0.6) is 0 Å². The van der Waals surface area contributed by atoms with Crippen LogP contribution in [0, 0.1) is 5.92 Å². The maximum Gasteiger partial charge on any atom is 0.243 e. The van der Waals surface area contributed by atoms with Crippen LogP contribution >= 0.6 is 23.2 Å². The van der Waals surface area contributed by atoms with Gasteiger partial charge in [-0.15, -0.1) is 0 Å². The van der Waals surface area contributed by atoms with E-state index in [0.29, 0.717) is 47.4 Å². The van der Waals surface area contributed by atoms with Crippen LogP contribution in [0.2, 0.25) is 10.0 Å². The number of benzene rings is 2. The molecule has 31 heavy (non-hydrogen) atoms. The third kappa shape index (κ3) is 4.77. The topological polar surface area (TPSA) is 57.7 Å². The number of hydrogen-bond acceptors (Lipinski definition) is 3. The lowest BCUT2D eigenvalue weighted by Gasteiger charge is -2.32. The van der Waals surface area contributed by atoms with E-state index in [-0.39, 0.29) is 11.8 Å². The second-order valence-corrected chi connectivity index (χ2v) is 11.2. The molecule has 2 aromatic carbocycles. The molecule has 0 spiro atoms. The van der Waals surface area contributed by atoms with Crippen LogP contribution < -0.4 is 0 Å². The lowest BCUT2D eigenvalue weighted by molar-refractivity contribution is -0.135. The quantitative estimate of drug-likeness (QED) is 0.630. The molecule has 1 amide bonds. The zero-order chi connectivity index (χ0) is 22.2. The summed E-state index contributed by atoms with van der Waals surface area (Å²) in [5, 5.41) is 1.09. The molecule has 4 rings (SSSR count). The highest BCUT2D eigenvalue weighted by Gasteiger charge is 2.33. The molecule has 1 heterocycles. The third-order valence-corrected chi connectivity index (χ3v) is 8.79. The van der Waals surface area contributed by atoms with E-state index in [0.717, 1.165) is 30.4 Å². The number of rotatable bonds is 5. The Morgan fingerprint density at radius 2 is 1.77 bits per heavy atom. The molecule has 0 aromatic heterocycles. The minimum Gasteiger partial charge on any atom is -0.341 e. The number of nitrogens with zero attached hydrogens (tertiary/aromatic N) is 2. The molecule has 1 aliphatic heterocycles. The maximum absolute atomic E-state index is 13.1. The van der Waals surface area contributed by atoms with Crippen LogP contribution in [0.4, 0.5) is 0 Å². The zero-order valence-electron chi connectivity index (χ0n) is 17.5. The summed E-state index contributed by atoms with van der Waals surface area (Å²) in [7, 11) is -1.78. The van der Waals surface area contributed by atoms with Crippen LogP contribution in [0.15, 0.2) is 41.3 Å². The summed E-state index contributed by atoms with van der Waals surface area (Å²) in [6.45, 7) is 1.10. The minimum atomic E-state index is -3.53. The fourth-order valence-electron chi connectivity index (χ4n) is 4.50. The molecule has 0 unspecified atom stereocenters. The molecular formula is C23H26Cl2N2O3S. The van der Waals surface area contributed by atoms with Gasteiger partial charge in [-0.2, -0.15) is 4.31 Å². The van der Waals surface area contributed by atoms with Crippen LogP contribution in [0.3, 0.4) is 0 Å². The molecule has 2 aliphatic rings. The third-order valence-electron chi connectivity index (χ3n) is 6.31. The summed E-state index contributed by atoms with van der Waals surface area (Å²) in [6.07, 6.45) is 4.08. The Labute approximate surface area is 194 Å². The normalized spacial score (nSPS) is 17.5. The summed E-state index contributed by atoms with van der Waals surface area (Å²) in [5.74, 6) is -0.178. The second kappa shape index (κ2) is 9.10. The van der Waals surface area contributed by atoms with Gasteiger partial charge in [-0.3, -0.25) is 4.79 Å². The number of carbonyl (C=O) groups excluding carboxylic acids is 1. The first kappa shape index (κ1) is 22.6. The maximum atomic E-state index is 13.1. The van der Waals surface area contributed by atoms with Crippen molar-refractivity contribution in [3.63, 3.8) is 0 Å². The first-order valence-electron chi connectivity index (χ1n) is 10.6. The predicted molar refractivity (Wildman–Crippen MR) is 123 cm³/mol. The molecule has 5 nitrogen and oxygen atoms in total. The molecule has 8 heteroatoms. The van der Waals surface area contributed by atoms with Gasteiger partial charge in [0.15, 0.2) is 0 Å². The Hall–Kier alpha value is -1.60. The molecule has 0 atom stereocenters. The lowest BCUT2D eigenvalue weighted by atomic mass is 9.96. The average Bonchev–Trinajstić information content (AvgIpc) is 3.23. The lowest BCUT2D eigenvalue weighted by Crippen LogP contribution is -2.43. The van der Waals surface area contributed by atoms with Gasteiger partial charge >= 0.3 is 0 Å². The van der Waals surface area contributed by atoms with Gasteiger partial charge in [-0.25, -0.2) is 8.42 Å². The summed E-state index contributed by atoms with van der Waals surface area (Å²) in [5.41, 5.74) is 3.24. The number of piperidine rings is 1. The fourth-order valence-corrected chi connectivity index (χ4v) is 6.48. The molecule has 1 aliphatic carbocycles. The van der Waals surface area contributed by atoms with E-state index in [9.17, 15) is 13.2 Å². The van der Waals surface area contributed by atoms with E-state index in [4.69, 9.17) is 23.2 Å². The van der Waals surface area contributed by atoms with Gasteiger partial charge in [0.1, 0.15) is 0 Å². The summed E-state index contributed by atoms with van der Waals surface area (Å²) >= 11 is 12.2. The highest BCUT2D eigenvalue weighted by Crippen LogP contribution is 2.29. The number of aryl methyl sites for hydroxylation is 2. The van der Waals surface area contributed by atoms with Crippen molar-refractivity contribution in [3.05, 3.63) is 63.1 Å². The van der Waals surface area contributed by atoms with E-state index in [1.165, 1.54) is 9.87 Å². The van der Waals surface area contributed by atoms with Gasteiger partial charge < -0.3 is 4.90 Å². The number of fused-ring (bicyclic) bond motifs is 1. The van der Waals surface area contributed by atoms with Gasteiger partial charge in [0, 0.05) is 42.6 Å². The van der Waals surface area contributed by atoms with Crippen molar-refractivity contribution in [2.75, 3.05) is 20.1 Å². The van der Waals surface area contributed by atoms with E-state index < -0.39 is 10.0 Å². The zero-order valence-corrected chi connectivity index (χ0v) is 19.8. The number of halogens is 2. The Morgan fingerprint density at radius 1 is 1.06 bits per heavy atom. The van der Waals surface area contributed by atoms with Gasteiger partial charge in [0.25, 0.3) is 0 Å². The second-order valence-electron chi connectivity index (χ2n) is 8.39. The molecule has 1 fully saturated rings. The number of carbonyl (C=O) groups is 1. The highest BCUT2D eigenvalue weighted by atomic mass is 35.5. The van der Waals surface area contributed by atoms with Crippen molar-refractivity contribution in [1.29, 1.82) is 0 Å². The molecule has 0 N–H and O–H groups in total. The van der Waals surface area contributed by atoms with E-state index in [1.54, 1.807) is 30.1 Å². The Balaban J connectivity index is 1.38. The summed E-state index contributed by atoms with van der Waals surface area (Å²) in [4.78, 5) is 14.9. The fraction of sp³-hybridized carbons (Fsp3) is 0.435. The number of amides is 1. The van der Waals surface area contributed by atoms with Gasteiger partial charge in [0.2, 0.25) is 15.9 Å². The molecule has 2 aromatic rings. The molecule has 0 bridgehead atoms. The van der Waals surface area contributed by atoms with Gasteiger partial charge in [-0.05, 0) is 73.1 Å². The molecule has 0 radical (unpaired) electrons. The Morgan fingerprint density at radius 3 is 2.48 bits per heavy atom. The number of hydrogen-bond donors (Lipinski definition) is 0. The van der Waals surface area contributed by atoms with Crippen molar-refractivity contribution in [3.8, 4) is 0 Å². The largest absolute Gasteiger partial charge is 0.341 e. The Kier molecular flexibility index (Phi) is 6.63. The Bertz CT molecular complexity index is 1100. The van der Waals surface area contributed by atoms with Crippen molar-refractivity contribution < 1.29 is 13.2 Å². The van der Waals surface area contributed by atoms with E-state index in [2.05, 4.69) is 0 Å². The van der Waals surface area contributed by atoms with Crippen LogP contribution in [0.1, 0.15) is 36.0 Å². The van der Waals surface area contributed by atoms with Crippen LogP contribution in [-0.4, -0.2) is 43.7 Å². The van der Waals surface area contributed by atoms with Crippen molar-refractivity contribution in [1.82, 2.24) is 9.21 Å². The summed E-state index contributed by atoms with van der Waals surface area (Å²) < 4.78 is 27.7. The smallest absolute Gasteiger partial charge is 0.243 e. The minimum absolute atomic E-state index is 0.0144. The molecular weight excluding hydrogens is 455 g/mol. The van der Waals surface area contributed by atoms with Crippen LogP contribution in [0.25, 0.3) is 0 Å². The first-order valence-corrected chi connectivity index (χ1v) is 12.8.